The number of ether oxygens (including phenoxy) is 1. The summed E-state index contributed by atoms with van der Waals surface area (Å²) in [4.78, 5) is 0. The Morgan fingerprint density at radius 1 is 1.47 bits per heavy atom. The molecule has 1 unspecified atom stereocenters. The van der Waals surface area contributed by atoms with Gasteiger partial charge in [0.05, 0.1) is 5.75 Å². The SMILES string of the molecule is COC(CS(N)(=O)=O)c1ccccc1O. The summed E-state index contributed by atoms with van der Waals surface area (Å²) in [6.07, 6.45) is -0.749. The number of methoxy groups -OCH3 is 1. The van der Waals surface area contributed by atoms with Gasteiger partial charge in [-0.1, -0.05) is 18.2 Å². The van der Waals surface area contributed by atoms with Crippen molar-refractivity contribution < 1.29 is 18.3 Å². The van der Waals surface area contributed by atoms with Crippen LogP contribution < -0.4 is 5.14 Å². The Morgan fingerprint density at radius 2 is 2.07 bits per heavy atom. The summed E-state index contributed by atoms with van der Waals surface area (Å²) < 4.78 is 26.8. The fraction of sp³-hybridized carbons (Fsp3) is 0.333. The van der Waals surface area contributed by atoms with Crippen molar-refractivity contribution in [2.24, 2.45) is 5.14 Å². The molecule has 0 radical (unpaired) electrons. The van der Waals surface area contributed by atoms with E-state index in [1.165, 1.54) is 13.2 Å². The third kappa shape index (κ3) is 3.50. The van der Waals surface area contributed by atoms with Crippen LogP contribution in [0.4, 0.5) is 0 Å². The first kappa shape index (κ1) is 12.0. The van der Waals surface area contributed by atoms with Gasteiger partial charge in [-0.3, -0.25) is 0 Å². The summed E-state index contributed by atoms with van der Waals surface area (Å²) in [7, 11) is -2.27. The fourth-order valence-corrected chi connectivity index (χ4v) is 1.99. The first-order valence-electron chi connectivity index (χ1n) is 4.25. The van der Waals surface area contributed by atoms with Crippen molar-refractivity contribution in [3.05, 3.63) is 29.8 Å². The summed E-state index contributed by atoms with van der Waals surface area (Å²) in [6.45, 7) is 0. The van der Waals surface area contributed by atoms with Crippen molar-refractivity contribution in [1.29, 1.82) is 0 Å². The molecule has 1 rings (SSSR count). The molecule has 0 aliphatic carbocycles. The highest BCUT2D eigenvalue weighted by molar-refractivity contribution is 7.89. The number of primary sulfonamides is 1. The summed E-state index contributed by atoms with van der Waals surface area (Å²) >= 11 is 0. The number of aromatic hydroxyl groups is 1. The lowest BCUT2D eigenvalue weighted by Gasteiger charge is -2.15. The van der Waals surface area contributed by atoms with E-state index in [9.17, 15) is 13.5 Å². The Bertz CT molecular complexity index is 429. The lowest BCUT2D eigenvalue weighted by molar-refractivity contribution is 0.119. The Hall–Kier alpha value is -1.11. The zero-order valence-corrected chi connectivity index (χ0v) is 9.07. The maximum Gasteiger partial charge on any atom is 0.211 e. The van der Waals surface area contributed by atoms with Crippen LogP contribution in [0.2, 0.25) is 0 Å². The number of sulfonamides is 1. The minimum absolute atomic E-state index is 0.00648. The number of benzene rings is 1. The summed E-state index contributed by atoms with van der Waals surface area (Å²) in [5.74, 6) is -0.367. The fourth-order valence-electron chi connectivity index (χ4n) is 1.26. The van der Waals surface area contributed by atoms with Gasteiger partial charge >= 0.3 is 0 Å². The molecule has 0 aromatic heterocycles. The molecule has 3 N–H and O–H groups in total. The first-order chi connectivity index (χ1) is 6.94. The van der Waals surface area contributed by atoms with E-state index < -0.39 is 16.1 Å². The van der Waals surface area contributed by atoms with Crippen LogP contribution in [0.3, 0.4) is 0 Å². The predicted molar refractivity (Wildman–Crippen MR) is 55.8 cm³/mol. The highest BCUT2D eigenvalue weighted by Crippen LogP contribution is 2.26. The van der Waals surface area contributed by atoms with Crippen LogP contribution in [0.25, 0.3) is 0 Å². The van der Waals surface area contributed by atoms with Gasteiger partial charge in [-0.15, -0.1) is 0 Å². The molecule has 1 aromatic rings. The molecule has 0 aliphatic heterocycles. The van der Waals surface area contributed by atoms with E-state index in [0.29, 0.717) is 5.56 Å². The van der Waals surface area contributed by atoms with Gasteiger partial charge in [0.15, 0.2) is 0 Å². The van der Waals surface area contributed by atoms with E-state index >= 15 is 0 Å². The average Bonchev–Trinajstić information content (AvgIpc) is 2.14. The minimum atomic E-state index is -3.64. The van der Waals surface area contributed by atoms with Gasteiger partial charge in [0, 0.05) is 12.7 Å². The molecule has 84 valence electrons. The topological polar surface area (TPSA) is 89.6 Å². The lowest BCUT2D eigenvalue weighted by Crippen LogP contribution is -2.22. The zero-order valence-electron chi connectivity index (χ0n) is 8.25. The van der Waals surface area contributed by atoms with Gasteiger partial charge in [-0.05, 0) is 6.07 Å². The maximum absolute atomic E-state index is 10.9. The molecule has 6 heteroatoms. The Kier molecular flexibility index (Phi) is 3.67. The molecule has 0 bridgehead atoms. The highest BCUT2D eigenvalue weighted by atomic mass is 32.2. The lowest BCUT2D eigenvalue weighted by atomic mass is 10.1. The van der Waals surface area contributed by atoms with Gasteiger partial charge in [-0.25, -0.2) is 13.6 Å². The van der Waals surface area contributed by atoms with Crippen LogP contribution in [0, 0.1) is 0 Å². The quantitative estimate of drug-likeness (QED) is 0.783. The van der Waals surface area contributed by atoms with Crippen LogP contribution in [0.15, 0.2) is 24.3 Å². The number of nitrogens with two attached hydrogens (primary N) is 1. The van der Waals surface area contributed by atoms with Crippen molar-refractivity contribution in [1.82, 2.24) is 0 Å². The monoisotopic (exact) mass is 231 g/mol. The Labute approximate surface area is 88.5 Å². The number of hydrogen-bond donors (Lipinski definition) is 2. The molecule has 15 heavy (non-hydrogen) atoms. The third-order valence-corrected chi connectivity index (χ3v) is 2.72. The molecule has 5 nitrogen and oxygen atoms in total. The van der Waals surface area contributed by atoms with Crippen molar-refractivity contribution in [2.45, 2.75) is 6.10 Å². The summed E-state index contributed by atoms with van der Waals surface area (Å²) in [6, 6.07) is 6.38. The number of rotatable bonds is 4. The normalized spacial score (nSPS) is 13.7. The molecule has 0 saturated heterocycles. The van der Waals surface area contributed by atoms with Gasteiger partial charge in [0.25, 0.3) is 0 Å². The van der Waals surface area contributed by atoms with E-state index in [4.69, 9.17) is 9.88 Å². The van der Waals surface area contributed by atoms with Crippen molar-refractivity contribution in [3.8, 4) is 5.75 Å². The maximum atomic E-state index is 10.9. The molecule has 0 spiro atoms. The largest absolute Gasteiger partial charge is 0.508 e. The molecule has 0 amide bonds. The van der Waals surface area contributed by atoms with E-state index in [1.807, 2.05) is 0 Å². The Balaban J connectivity index is 2.98. The van der Waals surface area contributed by atoms with Crippen LogP contribution in [0.5, 0.6) is 5.75 Å². The predicted octanol–water partition coefficient (Wildman–Crippen LogP) is 0.368. The van der Waals surface area contributed by atoms with E-state index in [1.54, 1.807) is 18.2 Å². The van der Waals surface area contributed by atoms with Crippen molar-refractivity contribution >= 4 is 10.0 Å². The third-order valence-electron chi connectivity index (χ3n) is 1.95. The number of hydrogen-bond acceptors (Lipinski definition) is 4. The molecule has 0 saturated carbocycles. The second kappa shape index (κ2) is 4.61. The van der Waals surface area contributed by atoms with Gasteiger partial charge in [0.2, 0.25) is 10.0 Å². The smallest absolute Gasteiger partial charge is 0.211 e. The van der Waals surface area contributed by atoms with Crippen molar-refractivity contribution in [3.63, 3.8) is 0 Å². The highest BCUT2D eigenvalue weighted by Gasteiger charge is 2.19. The van der Waals surface area contributed by atoms with Crippen LogP contribution in [-0.4, -0.2) is 26.4 Å². The van der Waals surface area contributed by atoms with Gasteiger partial charge in [0.1, 0.15) is 11.9 Å². The molecule has 0 heterocycles. The molecule has 0 aliphatic rings. The molecular weight excluding hydrogens is 218 g/mol. The average molecular weight is 231 g/mol. The summed E-state index contributed by atoms with van der Waals surface area (Å²) in [5, 5.41) is 14.4. The number of para-hydroxylation sites is 1. The molecule has 0 fully saturated rings. The van der Waals surface area contributed by atoms with Gasteiger partial charge in [-0.2, -0.15) is 0 Å². The molecule has 1 aromatic carbocycles. The number of phenols is 1. The van der Waals surface area contributed by atoms with Crippen molar-refractivity contribution in [2.75, 3.05) is 12.9 Å². The van der Waals surface area contributed by atoms with E-state index in [0.717, 1.165) is 0 Å². The number of phenolic OH excluding ortho intramolecular Hbond substituents is 1. The van der Waals surface area contributed by atoms with E-state index in [-0.39, 0.29) is 11.5 Å². The van der Waals surface area contributed by atoms with Crippen LogP contribution >= 0.6 is 0 Å². The second-order valence-electron chi connectivity index (χ2n) is 3.11. The van der Waals surface area contributed by atoms with Crippen LogP contribution in [0.1, 0.15) is 11.7 Å². The summed E-state index contributed by atoms with van der Waals surface area (Å²) in [5.41, 5.74) is 0.411. The minimum Gasteiger partial charge on any atom is -0.508 e. The van der Waals surface area contributed by atoms with Crippen LogP contribution in [-0.2, 0) is 14.8 Å². The standard InChI is InChI=1S/C9H13NO4S/c1-14-9(6-15(10,12)13)7-4-2-3-5-8(7)11/h2-5,9,11H,6H2,1H3,(H2,10,12,13). The Morgan fingerprint density at radius 3 is 2.53 bits per heavy atom. The van der Waals surface area contributed by atoms with E-state index in [2.05, 4.69) is 0 Å². The first-order valence-corrected chi connectivity index (χ1v) is 5.96. The molecular formula is C9H13NO4S. The molecule has 1 atom stereocenters. The second-order valence-corrected chi connectivity index (χ2v) is 4.77. The van der Waals surface area contributed by atoms with Gasteiger partial charge < -0.3 is 9.84 Å². The zero-order chi connectivity index (χ0) is 11.5.